The predicted octanol–water partition coefficient (Wildman–Crippen LogP) is 2.53. The monoisotopic (exact) mass is 393 g/mol. The van der Waals surface area contributed by atoms with E-state index in [9.17, 15) is 4.79 Å². The molecule has 0 saturated heterocycles. The third kappa shape index (κ3) is 4.13. The molecule has 148 valence electrons. The molecule has 1 saturated carbocycles. The van der Waals surface area contributed by atoms with Gasteiger partial charge in [0.05, 0.1) is 31.2 Å². The summed E-state index contributed by atoms with van der Waals surface area (Å²) in [6, 6.07) is 6.84. The zero-order valence-corrected chi connectivity index (χ0v) is 15.9. The van der Waals surface area contributed by atoms with Crippen molar-refractivity contribution < 1.29 is 19.4 Å². The lowest BCUT2D eigenvalue weighted by Gasteiger charge is -2.10. The fourth-order valence-corrected chi connectivity index (χ4v) is 3.04. The van der Waals surface area contributed by atoms with Gasteiger partial charge in [-0.1, -0.05) is 0 Å². The molecule has 0 spiro atoms. The molecule has 0 amide bonds. The van der Waals surface area contributed by atoms with E-state index in [0.29, 0.717) is 41.4 Å². The summed E-state index contributed by atoms with van der Waals surface area (Å²) in [4.78, 5) is 24.0. The normalized spacial score (nSPS) is 17.6. The predicted molar refractivity (Wildman–Crippen MR) is 102 cm³/mol. The van der Waals surface area contributed by atoms with Crippen molar-refractivity contribution in [2.24, 2.45) is 5.92 Å². The quantitative estimate of drug-likeness (QED) is 0.645. The molecule has 1 unspecified atom stereocenters. The fourth-order valence-electron chi connectivity index (χ4n) is 3.04. The van der Waals surface area contributed by atoms with Crippen LogP contribution in [-0.4, -0.2) is 49.9 Å². The molecule has 9 nitrogen and oxygen atoms in total. The maximum Gasteiger partial charge on any atom is 0.356 e. The van der Waals surface area contributed by atoms with Crippen molar-refractivity contribution >= 4 is 5.97 Å². The van der Waals surface area contributed by atoms with E-state index < -0.39 is 5.97 Å². The Morgan fingerprint density at radius 3 is 2.69 bits per heavy atom. The highest BCUT2D eigenvalue weighted by atomic mass is 16.5. The minimum absolute atomic E-state index is 0.128. The Balaban J connectivity index is 1.46. The van der Waals surface area contributed by atoms with E-state index in [2.05, 4.69) is 25.1 Å². The minimum Gasteiger partial charge on any atom is -0.495 e. The summed E-state index contributed by atoms with van der Waals surface area (Å²) < 4.78 is 11.1. The maximum absolute atomic E-state index is 11.0. The van der Waals surface area contributed by atoms with Crippen molar-refractivity contribution in [1.82, 2.24) is 25.1 Å². The SMILES string of the molecule is COc1ccc([C@@H]2CC2COc2nc(C)ncc2-c2ccc(C(=O)O)nn2)nc1. The Morgan fingerprint density at radius 1 is 1.17 bits per heavy atom. The zero-order valence-electron chi connectivity index (χ0n) is 15.9. The summed E-state index contributed by atoms with van der Waals surface area (Å²) >= 11 is 0. The van der Waals surface area contributed by atoms with Crippen LogP contribution in [0.25, 0.3) is 11.3 Å². The van der Waals surface area contributed by atoms with Crippen LogP contribution >= 0.6 is 0 Å². The topological polar surface area (TPSA) is 120 Å². The van der Waals surface area contributed by atoms with Crippen LogP contribution in [0.5, 0.6) is 11.6 Å². The first kappa shape index (κ1) is 18.7. The summed E-state index contributed by atoms with van der Waals surface area (Å²) in [5.41, 5.74) is 1.92. The highest BCUT2D eigenvalue weighted by Crippen LogP contribution is 2.47. The van der Waals surface area contributed by atoms with E-state index in [1.54, 1.807) is 32.5 Å². The molecule has 1 fully saturated rings. The Bertz CT molecular complexity index is 1020. The number of methoxy groups -OCH3 is 1. The number of nitrogens with zero attached hydrogens (tertiary/aromatic N) is 5. The van der Waals surface area contributed by atoms with Crippen molar-refractivity contribution in [3.8, 4) is 22.9 Å². The molecule has 1 N–H and O–H groups in total. The van der Waals surface area contributed by atoms with Gasteiger partial charge in [0.2, 0.25) is 5.88 Å². The minimum atomic E-state index is -1.13. The number of pyridine rings is 1. The number of carbonyl (C=O) groups is 1. The molecule has 1 aliphatic rings. The van der Waals surface area contributed by atoms with E-state index in [4.69, 9.17) is 14.6 Å². The Kier molecular flexibility index (Phi) is 5.03. The van der Waals surface area contributed by atoms with Crippen LogP contribution in [0.1, 0.15) is 34.3 Å². The van der Waals surface area contributed by atoms with Crippen LogP contribution in [-0.2, 0) is 0 Å². The Morgan fingerprint density at radius 2 is 2.03 bits per heavy atom. The van der Waals surface area contributed by atoms with Crippen molar-refractivity contribution in [2.45, 2.75) is 19.3 Å². The number of carboxylic acid groups (broad SMARTS) is 1. The van der Waals surface area contributed by atoms with Crippen LogP contribution in [0.3, 0.4) is 0 Å². The number of aromatic carboxylic acids is 1. The molecular weight excluding hydrogens is 374 g/mol. The second-order valence-electron chi connectivity index (χ2n) is 6.78. The standard InChI is InChI=1S/C20H19N5O4/c1-11-21-9-15(17-5-6-18(20(26)27)25-24-17)19(23-11)29-10-12-7-14(12)16-4-3-13(28-2)8-22-16/h3-6,8-9,12,14H,7,10H2,1-2H3,(H,26,27)/t12?,14-/m1/s1. The highest BCUT2D eigenvalue weighted by Gasteiger charge is 2.40. The second kappa shape index (κ2) is 7.78. The first-order chi connectivity index (χ1) is 14.0. The van der Waals surface area contributed by atoms with E-state index >= 15 is 0 Å². The van der Waals surface area contributed by atoms with Gasteiger partial charge in [0, 0.05) is 23.7 Å². The lowest BCUT2D eigenvalue weighted by atomic mass is 10.2. The van der Waals surface area contributed by atoms with Gasteiger partial charge in [0.15, 0.2) is 5.69 Å². The van der Waals surface area contributed by atoms with Gasteiger partial charge in [-0.05, 0) is 37.6 Å². The molecule has 0 bridgehead atoms. The average Bonchev–Trinajstić information content (AvgIpc) is 3.52. The molecule has 0 radical (unpaired) electrons. The molecule has 3 aromatic heterocycles. The molecule has 2 atom stereocenters. The van der Waals surface area contributed by atoms with Crippen molar-refractivity contribution in [1.29, 1.82) is 0 Å². The van der Waals surface area contributed by atoms with Gasteiger partial charge in [-0.25, -0.2) is 9.78 Å². The van der Waals surface area contributed by atoms with E-state index in [1.165, 1.54) is 6.07 Å². The van der Waals surface area contributed by atoms with E-state index in [-0.39, 0.29) is 5.69 Å². The second-order valence-corrected chi connectivity index (χ2v) is 6.78. The lowest BCUT2D eigenvalue weighted by molar-refractivity contribution is 0.0689. The number of hydrogen-bond donors (Lipinski definition) is 1. The third-order valence-corrected chi connectivity index (χ3v) is 4.77. The average molecular weight is 393 g/mol. The molecule has 4 rings (SSSR count). The first-order valence-corrected chi connectivity index (χ1v) is 9.09. The smallest absolute Gasteiger partial charge is 0.356 e. The molecule has 29 heavy (non-hydrogen) atoms. The number of ether oxygens (including phenoxy) is 2. The molecule has 9 heteroatoms. The number of carboxylic acids is 1. The number of aromatic nitrogens is 5. The molecule has 1 aliphatic carbocycles. The van der Waals surface area contributed by atoms with Crippen LogP contribution in [0.2, 0.25) is 0 Å². The van der Waals surface area contributed by atoms with Crippen molar-refractivity contribution in [3.63, 3.8) is 0 Å². The summed E-state index contributed by atoms with van der Waals surface area (Å²) in [5.74, 6) is 1.28. The largest absolute Gasteiger partial charge is 0.495 e. The highest BCUT2D eigenvalue weighted by molar-refractivity contribution is 5.85. The van der Waals surface area contributed by atoms with Gasteiger partial charge in [0.25, 0.3) is 0 Å². The third-order valence-electron chi connectivity index (χ3n) is 4.77. The summed E-state index contributed by atoms with van der Waals surface area (Å²) in [6.07, 6.45) is 4.32. The molecule has 3 aromatic rings. The number of rotatable bonds is 7. The van der Waals surface area contributed by atoms with Gasteiger partial charge < -0.3 is 14.6 Å². The molecule has 3 heterocycles. The fraction of sp³-hybridized carbons (Fsp3) is 0.300. The van der Waals surface area contributed by atoms with Gasteiger partial charge in [-0.15, -0.1) is 10.2 Å². The number of hydrogen-bond acceptors (Lipinski definition) is 8. The zero-order chi connectivity index (χ0) is 20.4. The Hall–Kier alpha value is -3.62. The number of aryl methyl sites for hydroxylation is 1. The van der Waals surface area contributed by atoms with E-state index in [1.807, 2.05) is 12.1 Å². The van der Waals surface area contributed by atoms with Gasteiger partial charge in [0.1, 0.15) is 11.6 Å². The Labute approximate surface area is 166 Å². The van der Waals surface area contributed by atoms with Crippen LogP contribution < -0.4 is 9.47 Å². The first-order valence-electron chi connectivity index (χ1n) is 9.09. The van der Waals surface area contributed by atoms with Crippen LogP contribution in [0.4, 0.5) is 0 Å². The van der Waals surface area contributed by atoms with Gasteiger partial charge in [-0.3, -0.25) is 4.98 Å². The van der Waals surface area contributed by atoms with E-state index in [0.717, 1.165) is 17.9 Å². The molecule has 0 aliphatic heterocycles. The summed E-state index contributed by atoms with van der Waals surface area (Å²) in [5, 5.41) is 16.7. The summed E-state index contributed by atoms with van der Waals surface area (Å²) in [7, 11) is 1.62. The molecular formula is C20H19N5O4. The molecule has 0 aromatic carbocycles. The van der Waals surface area contributed by atoms with Crippen molar-refractivity contribution in [2.75, 3.05) is 13.7 Å². The lowest BCUT2D eigenvalue weighted by Crippen LogP contribution is -2.07. The van der Waals surface area contributed by atoms with Crippen LogP contribution in [0, 0.1) is 12.8 Å². The maximum atomic E-state index is 11.0. The summed E-state index contributed by atoms with van der Waals surface area (Å²) in [6.45, 7) is 2.26. The van der Waals surface area contributed by atoms with Crippen LogP contribution in [0.15, 0.2) is 36.7 Å². The van der Waals surface area contributed by atoms with Gasteiger partial charge >= 0.3 is 5.97 Å². The van der Waals surface area contributed by atoms with Crippen molar-refractivity contribution in [3.05, 3.63) is 53.9 Å². The van der Waals surface area contributed by atoms with Gasteiger partial charge in [-0.2, -0.15) is 4.98 Å².